The molecule has 4 aliphatic rings. The highest BCUT2D eigenvalue weighted by molar-refractivity contribution is 5.96. The number of rotatable bonds is 5. The van der Waals surface area contributed by atoms with Crippen LogP contribution in [0.25, 0.3) is 44.7 Å². The molecule has 0 radical (unpaired) electrons. The molecule has 0 saturated carbocycles. The number of anilines is 1. The van der Waals surface area contributed by atoms with Gasteiger partial charge >= 0.3 is 6.09 Å². The van der Waals surface area contributed by atoms with Crippen molar-refractivity contribution in [2.75, 3.05) is 24.7 Å². The summed E-state index contributed by atoms with van der Waals surface area (Å²) in [6, 6.07) is 23.0. The number of fused-ring (bicyclic) bond motifs is 4. The smallest absolute Gasteiger partial charge is 0.414 e. The number of morpholine rings is 1. The summed E-state index contributed by atoms with van der Waals surface area (Å²) in [6.07, 6.45) is 9.36. The maximum absolute atomic E-state index is 12.5. The maximum Gasteiger partial charge on any atom is 0.414 e. The molecule has 3 fully saturated rings. The number of H-pyrrole nitrogens is 1. The van der Waals surface area contributed by atoms with Crippen molar-refractivity contribution in [3.63, 3.8) is 0 Å². The number of cyclic esters (lactones) is 1. The largest absolute Gasteiger partial charge is 0.447 e. The Morgan fingerprint density at radius 3 is 2.33 bits per heavy atom. The second-order valence-corrected chi connectivity index (χ2v) is 13.2. The summed E-state index contributed by atoms with van der Waals surface area (Å²) < 4.78 is 11.0. The Bertz CT molecular complexity index is 1940. The van der Waals surface area contributed by atoms with Crippen molar-refractivity contribution < 1.29 is 14.3 Å². The molecule has 46 heavy (non-hydrogen) atoms. The van der Waals surface area contributed by atoms with E-state index in [9.17, 15) is 4.79 Å². The zero-order valence-electron chi connectivity index (χ0n) is 25.9. The molecule has 4 atom stereocenters. The van der Waals surface area contributed by atoms with Crippen molar-refractivity contribution in [1.29, 1.82) is 0 Å². The van der Waals surface area contributed by atoms with E-state index in [1.54, 1.807) is 11.1 Å². The SMILES string of the molecule is C[C@H]1COC(=O)N1c1cccnc1-c1ccc(-c2n[nH]c3ncc(-c4ccc5c(c4)CC[C@@H](N4C6COCC4C6)CC5)cc23)cc1. The van der Waals surface area contributed by atoms with Crippen LogP contribution in [0.4, 0.5) is 10.5 Å². The van der Waals surface area contributed by atoms with Crippen LogP contribution in [0.5, 0.6) is 0 Å². The third-order valence-corrected chi connectivity index (χ3v) is 10.4. The minimum Gasteiger partial charge on any atom is -0.447 e. The van der Waals surface area contributed by atoms with E-state index in [-0.39, 0.29) is 12.1 Å². The second kappa shape index (κ2) is 11.0. The summed E-state index contributed by atoms with van der Waals surface area (Å²) in [5.41, 5.74) is 10.3. The molecule has 5 aromatic rings. The summed E-state index contributed by atoms with van der Waals surface area (Å²) in [5.74, 6) is 0. The van der Waals surface area contributed by atoms with E-state index in [1.165, 1.54) is 36.0 Å². The van der Waals surface area contributed by atoms with E-state index >= 15 is 0 Å². The van der Waals surface area contributed by atoms with Crippen LogP contribution in [0.3, 0.4) is 0 Å². The molecule has 2 unspecified atom stereocenters. The average molecular weight is 613 g/mol. The first-order valence-electron chi connectivity index (χ1n) is 16.4. The Balaban J connectivity index is 0.981. The van der Waals surface area contributed by atoms with Crippen molar-refractivity contribution in [2.45, 2.75) is 63.2 Å². The molecule has 9 nitrogen and oxygen atoms in total. The number of nitrogens with one attached hydrogen (secondary N) is 1. The molecule has 1 N–H and O–H groups in total. The van der Waals surface area contributed by atoms with Crippen LogP contribution >= 0.6 is 0 Å². The van der Waals surface area contributed by atoms with E-state index < -0.39 is 0 Å². The van der Waals surface area contributed by atoms with Crippen LogP contribution in [0, 0.1) is 0 Å². The fourth-order valence-electron chi connectivity index (χ4n) is 8.06. The molecule has 232 valence electrons. The second-order valence-electron chi connectivity index (χ2n) is 13.2. The van der Waals surface area contributed by atoms with Gasteiger partial charge in [0.05, 0.1) is 30.6 Å². The van der Waals surface area contributed by atoms with Gasteiger partial charge in [0.1, 0.15) is 12.3 Å². The number of hydrogen-bond acceptors (Lipinski definition) is 7. The highest BCUT2D eigenvalue weighted by Gasteiger charge is 2.45. The van der Waals surface area contributed by atoms with Gasteiger partial charge in [0.15, 0.2) is 5.65 Å². The first-order chi connectivity index (χ1) is 22.6. The first kappa shape index (κ1) is 27.7. The third kappa shape index (κ3) is 4.60. The lowest BCUT2D eigenvalue weighted by Crippen LogP contribution is -2.66. The predicted octanol–water partition coefficient (Wildman–Crippen LogP) is 6.42. The number of carbonyl (C=O) groups excluding carboxylic acids is 1. The van der Waals surface area contributed by atoms with Crippen LogP contribution in [0.1, 0.15) is 37.3 Å². The summed E-state index contributed by atoms with van der Waals surface area (Å²) in [5, 5.41) is 8.77. The van der Waals surface area contributed by atoms with Crippen molar-refractivity contribution in [2.24, 2.45) is 0 Å². The van der Waals surface area contributed by atoms with Gasteiger partial charge in [0.2, 0.25) is 0 Å². The van der Waals surface area contributed by atoms with Crippen LogP contribution in [-0.4, -0.2) is 75.1 Å². The van der Waals surface area contributed by atoms with Gasteiger partial charge in [0.25, 0.3) is 0 Å². The Morgan fingerprint density at radius 1 is 0.804 bits per heavy atom. The lowest BCUT2D eigenvalue weighted by molar-refractivity contribution is -0.148. The number of carbonyl (C=O) groups is 1. The molecular weight excluding hydrogens is 576 g/mol. The summed E-state index contributed by atoms with van der Waals surface area (Å²) >= 11 is 0. The van der Waals surface area contributed by atoms with Crippen LogP contribution in [0.2, 0.25) is 0 Å². The van der Waals surface area contributed by atoms with Gasteiger partial charge in [0, 0.05) is 52.6 Å². The molecule has 3 aliphatic heterocycles. The highest BCUT2D eigenvalue weighted by atomic mass is 16.6. The molecule has 0 spiro atoms. The highest BCUT2D eigenvalue weighted by Crippen LogP contribution is 2.39. The van der Waals surface area contributed by atoms with Gasteiger partial charge in [-0.15, -0.1) is 0 Å². The number of nitrogens with zero attached hydrogens (tertiary/aromatic N) is 5. The molecule has 6 heterocycles. The lowest BCUT2D eigenvalue weighted by atomic mass is 9.87. The van der Waals surface area contributed by atoms with Crippen molar-refractivity contribution in [3.05, 3.63) is 84.2 Å². The molecule has 3 aromatic heterocycles. The van der Waals surface area contributed by atoms with E-state index in [1.807, 2.05) is 37.4 Å². The Hall–Kier alpha value is -4.60. The van der Waals surface area contributed by atoms with E-state index in [0.717, 1.165) is 70.9 Å². The number of aromatic nitrogens is 4. The molecule has 2 aromatic carbocycles. The number of hydrogen-bond donors (Lipinski definition) is 1. The first-order valence-corrected chi connectivity index (χ1v) is 16.4. The third-order valence-electron chi connectivity index (χ3n) is 10.4. The lowest BCUT2D eigenvalue weighted by Gasteiger charge is -2.56. The Labute approximate surface area is 267 Å². The van der Waals surface area contributed by atoms with Gasteiger partial charge < -0.3 is 9.47 Å². The average Bonchev–Trinajstić information content (AvgIpc) is 3.60. The number of aromatic amines is 1. The van der Waals surface area contributed by atoms with Crippen molar-refractivity contribution >= 4 is 22.8 Å². The van der Waals surface area contributed by atoms with Crippen molar-refractivity contribution in [3.8, 4) is 33.6 Å². The van der Waals surface area contributed by atoms with Crippen molar-refractivity contribution in [1.82, 2.24) is 25.1 Å². The minimum atomic E-state index is -0.340. The van der Waals surface area contributed by atoms with Crippen LogP contribution < -0.4 is 4.90 Å². The summed E-state index contributed by atoms with van der Waals surface area (Å²) in [6.45, 7) is 4.16. The van der Waals surface area contributed by atoms with Gasteiger partial charge in [-0.1, -0.05) is 42.5 Å². The zero-order valence-corrected chi connectivity index (χ0v) is 25.9. The zero-order chi connectivity index (χ0) is 30.8. The fraction of sp³-hybridized carbons (Fsp3) is 0.351. The number of pyridine rings is 2. The number of benzene rings is 2. The van der Waals surface area contributed by atoms with E-state index in [2.05, 4.69) is 56.5 Å². The number of amides is 1. The van der Waals surface area contributed by atoms with Crippen LogP contribution in [0.15, 0.2) is 73.1 Å². The Kier molecular flexibility index (Phi) is 6.64. The summed E-state index contributed by atoms with van der Waals surface area (Å²) in [7, 11) is 0. The molecule has 9 heteroatoms. The molecule has 1 amide bonds. The monoisotopic (exact) mass is 612 g/mol. The number of ether oxygens (including phenoxy) is 2. The van der Waals surface area contributed by atoms with Crippen LogP contribution in [-0.2, 0) is 22.3 Å². The Morgan fingerprint density at radius 2 is 1.57 bits per heavy atom. The molecule has 2 bridgehead atoms. The standard InChI is InChI=1S/C37H36N6O3/c1-22-19-46-37(44)42(22)33-3-2-14-38-35(33)25-7-5-24(6-8-25)34-32-16-28(18-39-36(32)41-40-34)27-9-4-23-10-12-29(13-11-26(23)15-27)43-30-17-31(43)21-45-20-30/h2-9,14-16,18,22,29-31H,10-13,17,19-21H2,1H3,(H,39,40,41)/t22-,29-,30?,31?/m0/s1. The maximum atomic E-state index is 12.5. The van der Waals surface area contributed by atoms with Gasteiger partial charge in [-0.3, -0.25) is 19.9 Å². The minimum absolute atomic E-state index is 0.0519. The van der Waals surface area contributed by atoms with Gasteiger partial charge in [-0.05, 0) is 73.9 Å². The molecule has 9 rings (SSSR count). The predicted molar refractivity (Wildman–Crippen MR) is 177 cm³/mol. The van der Waals surface area contributed by atoms with E-state index in [0.29, 0.717) is 24.7 Å². The quantitative estimate of drug-likeness (QED) is 0.229. The molecule has 1 aliphatic carbocycles. The molecular formula is C37H36N6O3. The summed E-state index contributed by atoms with van der Waals surface area (Å²) in [4.78, 5) is 26.3. The topological polar surface area (TPSA) is 96.5 Å². The van der Waals surface area contributed by atoms with Gasteiger partial charge in [-0.2, -0.15) is 5.10 Å². The fourth-order valence-corrected chi connectivity index (χ4v) is 8.06. The normalized spacial score (nSPS) is 24.4. The number of aryl methyl sites for hydroxylation is 2. The molecule has 3 saturated heterocycles. The van der Waals surface area contributed by atoms with E-state index in [4.69, 9.17) is 14.5 Å². The van der Waals surface area contributed by atoms with Gasteiger partial charge in [-0.25, -0.2) is 9.78 Å².